The van der Waals surface area contributed by atoms with E-state index in [-0.39, 0.29) is 40.3 Å². The van der Waals surface area contributed by atoms with Crippen molar-refractivity contribution in [3.63, 3.8) is 0 Å². The summed E-state index contributed by atoms with van der Waals surface area (Å²) in [5, 5.41) is 9.84. The summed E-state index contributed by atoms with van der Waals surface area (Å²) in [5.41, 5.74) is 2.14. The number of hydrogen-bond acceptors (Lipinski definition) is 8. The van der Waals surface area contributed by atoms with E-state index < -0.39 is 21.6 Å². The molecule has 10 nitrogen and oxygen atoms in total. The smallest absolute Gasteiger partial charge is 0.416 e. The zero-order valence-corrected chi connectivity index (χ0v) is 23.8. The third kappa shape index (κ3) is 6.55. The molecule has 0 saturated carbocycles. The number of halogens is 3. The Morgan fingerprint density at radius 2 is 1.73 bits per heavy atom. The molecule has 2 N–H and O–H groups in total. The van der Waals surface area contributed by atoms with Crippen LogP contribution in [0.1, 0.15) is 21.5 Å². The van der Waals surface area contributed by atoms with Crippen LogP contribution in [0.2, 0.25) is 0 Å². The van der Waals surface area contributed by atoms with Gasteiger partial charge in [-0.15, -0.1) is 0 Å². The SMILES string of the molecule is O=C(Nc1ccc(-c2n[nH]c(-c3ncoc3-c3cccc(C(F)(F)F)c3)n2)cc1)c1cccc(CN2CCS(=O)(=O)CC2)c1. The number of hydrogen-bond donors (Lipinski definition) is 2. The van der Waals surface area contributed by atoms with Gasteiger partial charge < -0.3 is 9.73 Å². The summed E-state index contributed by atoms with van der Waals surface area (Å²) in [7, 11) is -2.97. The third-order valence-electron chi connectivity index (χ3n) is 7.16. The van der Waals surface area contributed by atoms with Gasteiger partial charge in [-0.2, -0.15) is 18.3 Å². The molecule has 0 aliphatic carbocycles. The molecule has 6 rings (SSSR count). The van der Waals surface area contributed by atoms with Gasteiger partial charge in [-0.1, -0.05) is 24.3 Å². The minimum atomic E-state index is -4.51. The van der Waals surface area contributed by atoms with Crippen LogP contribution in [-0.4, -0.2) is 64.0 Å². The second-order valence-electron chi connectivity index (χ2n) is 10.3. The Hall–Kier alpha value is -4.82. The van der Waals surface area contributed by atoms with Crippen LogP contribution in [0.25, 0.3) is 34.2 Å². The van der Waals surface area contributed by atoms with E-state index in [1.807, 2.05) is 6.07 Å². The summed E-state index contributed by atoms with van der Waals surface area (Å²) in [6.07, 6.45) is -3.38. The number of sulfone groups is 1. The Balaban J connectivity index is 1.12. The van der Waals surface area contributed by atoms with E-state index in [4.69, 9.17) is 4.42 Å². The Morgan fingerprint density at radius 3 is 2.48 bits per heavy atom. The highest BCUT2D eigenvalue weighted by Crippen LogP contribution is 2.35. The van der Waals surface area contributed by atoms with Crippen molar-refractivity contribution in [1.82, 2.24) is 25.1 Å². The van der Waals surface area contributed by atoms with Crippen LogP contribution in [0.15, 0.2) is 83.6 Å². The van der Waals surface area contributed by atoms with Gasteiger partial charge in [0.2, 0.25) is 0 Å². The van der Waals surface area contributed by atoms with Gasteiger partial charge >= 0.3 is 6.18 Å². The number of aromatic nitrogens is 4. The molecule has 0 atom stereocenters. The van der Waals surface area contributed by atoms with Gasteiger partial charge in [0, 0.05) is 42.0 Å². The van der Waals surface area contributed by atoms with Crippen molar-refractivity contribution in [3.05, 3.63) is 95.9 Å². The molecular weight excluding hydrogens is 597 g/mol. The maximum Gasteiger partial charge on any atom is 0.416 e. The highest BCUT2D eigenvalue weighted by Gasteiger charge is 2.31. The van der Waals surface area contributed by atoms with Crippen LogP contribution in [0.4, 0.5) is 18.9 Å². The summed E-state index contributed by atoms with van der Waals surface area (Å²) in [6.45, 7) is 1.49. The molecule has 44 heavy (non-hydrogen) atoms. The average molecular weight is 623 g/mol. The molecule has 2 aromatic heterocycles. The van der Waals surface area contributed by atoms with Gasteiger partial charge in [0.05, 0.1) is 17.1 Å². The molecule has 1 aliphatic rings. The molecule has 0 radical (unpaired) electrons. The van der Waals surface area contributed by atoms with Crippen molar-refractivity contribution in [1.29, 1.82) is 0 Å². The van der Waals surface area contributed by atoms with E-state index >= 15 is 0 Å². The minimum absolute atomic E-state index is 0.116. The highest BCUT2D eigenvalue weighted by atomic mass is 32.2. The van der Waals surface area contributed by atoms with Gasteiger partial charge in [-0.25, -0.2) is 18.4 Å². The van der Waals surface area contributed by atoms with Crippen LogP contribution in [-0.2, 0) is 22.6 Å². The van der Waals surface area contributed by atoms with E-state index in [1.54, 1.807) is 42.5 Å². The van der Waals surface area contributed by atoms with Gasteiger partial charge in [0.25, 0.3) is 5.91 Å². The molecule has 3 aromatic carbocycles. The second-order valence-corrected chi connectivity index (χ2v) is 12.6. The summed E-state index contributed by atoms with van der Waals surface area (Å²) < 4.78 is 68.4. The fraction of sp³-hybridized carbons (Fsp3) is 0.200. The van der Waals surface area contributed by atoms with Crippen LogP contribution in [0.3, 0.4) is 0 Å². The van der Waals surface area contributed by atoms with Gasteiger partial charge in [0.15, 0.2) is 39.3 Å². The maximum atomic E-state index is 13.2. The lowest BCUT2D eigenvalue weighted by Gasteiger charge is -2.26. The number of carbonyl (C=O) groups is 1. The molecule has 3 heterocycles. The summed E-state index contributed by atoms with van der Waals surface area (Å²) in [4.78, 5) is 23.6. The number of H-pyrrole nitrogens is 1. The van der Waals surface area contributed by atoms with Crippen molar-refractivity contribution in [2.24, 2.45) is 0 Å². The summed E-state index contributed by atoms with van der Waals surface area (Å²) >= 11 is 0. The molecule has 14 heteroatoms. The third-order valence-corrected chi connectivity index (χ3v) is 8.77. The largest absolute Gasteiger partial charge is 0.443 e. The number of carbonyl (C=O) groups excluding carboxylic acids is 1. The number of nitrogens with one attached hydrogen (secondary N) is 2. The Kier molecular flexibility index (Phi) is 7.78. The lowest BCUT2D eigenvalue weighted by atomic mass is 10.1. The van der Waals surface area contributed by atoms with Crippen molar-refractivity contribution < 1.29 is 30.8 Å². The lowest BCUT2D eigenvalue weighted by Crippen LogP contribution is -2.39. The predicted molar refractivity (Wildman–Crippen MR) is 156 cm³/mol. The standard InChI is InChI=1S/C30H25F3N6O4S/c31-30(32,33)23-6-2-4-21(16-23)26-25(34-18-43-26)28-36-27(37-38-28)20-7-9-24(10-8-20)35-29(40)22-5-1-3-19(15-22)17-39-11-13-44(41,42)14-12-39/h1-10,15-16,18H,11-14,17H2,(H,35,40)(H,36,37,38). The van der Waals surface area contributed by atoms with E-state index in [2.05, 4.69) is 30.4 Å². The fourth-order valence-corrected chi connectivity index (χ4v) is 6.11. The van der Waals surface area contributed by atoms with Crippen molar-refractivity contribution in [2.75, 3.05) is 29.9 Å². The van der Waals surface area contributed by atoms with E-state index in [9.17, 15) is 26.4 Å². The predicted octanol–water partition coefficient (Wildman–Crippen LogP) is 5.30. The Labute approximate surface area is 249 Å². The van der Waals surface area contributed by atoms with E-state index in [0.717, 1.165) is 24.1 Å². The number of aromatic amines is 1. The van der Waals surface area contributed by atoms with Gasteiger partial charge in [0.1, 0.15) is 0 Å². The molecule has 1 fully saturated rings. The monoisotopic (exact) mass is 622 g/mol. The van der Waals surface area contributed by atoms with Crippen LogP contribution < -0.4 is 5.32 Å². The zero-order chi connectivity index (χ0) is 30.9. The van der Waals surface area contributed by atoms with Crippen LogP contribution in [0.5, 0.6) is 0 Å². The van der Waals surface area contributed by atoms with E-state index in [1.165, 1.54) is 12.1 Å². The molecular formula is C30H25F3N6O4S. The minimum Gasteiger partial charge on any atom is -0.443 e. The van der Waals surface area contributed by atoms with Gasteiger partial charge in [-0.3, -0.25) is 14.8 Å². The number of alkyl halides is 3. The Bertz CT molecular complexity index is 1910. The molecule has 5 aromatic rings. The molecule has 226 valence electrons. The number of anilines is 1. The molecule has 0 spiro atoms. The maximum absolute atomic E-state index is 13.2. The molecule has 1 aliphatic heterocycles. The number of amides is 1. The molecule has 1 amide bonds. The zero-order valence-electron chi connectivity index (χ0n) is 23.0. The highest BCUT2D eigenvalue weighted by molar-refractivity contribution is 7.91. The van der Waals surface area contributed by atoms with Crippen molar-refractivity contribution in [2.45, 2.75) is 12.7 Å². The van der Waals surface area contributed by atoms with Gasteiger partial charge in [-0.05, 0) is 54.1 Å². The molecule has 0 unspecified atom stereocenters. The fourth-order valence-electron chi connectivity index (χ4n) is 4.84. The van der Waals surface area contributed by atoms with Crippen molar-refractivity contribution in [3.8, 4) is 34.2 Å². The number of oxazole rings is 1. The first-order valence-corrected chi connectivity index (χ1v) is 15.3. The lowest BCUT2D eigenvalue weighted by molar-refractivity contribution is -0.137. The number of benzene rings is 3. The first-order valence-electron chi connectivity index (χ1n) is 13.5. The normalized spacial score (nSPS) is 15.2. The quantitative estimate of drug-likeness (QED) is 0.250. The van der Waals surface area contributed by atoms with Crippen LogP contribution >= 0.6 is 0 Å². The first kappa shape index (κ1) is 29.3. The molecule has 1 saturated heterocycles. The first-order chi connectivity index (χ1) is 21.0. The van der Waals surface area contributed by atoms with Crippen LogP contribution in [0, 0.1) is 0 Å². The number of rotatable bonds is 7. The second kappa shape index (κ2) is 11.7. The summed E-state index contributed by atoms with van der Waals surface area (Å²) in [6, 6.07) is 18.8. The molecule has 0 bridgehead atoms. The summed E-state index contributed by atoms with van der Waals surface area (Å²) in [5.74, 6) is 0.622. The Morgan fingerprint density at radius 1 is 0.977 bits per heavy atom. The van der Waals surface area contributed by atoms with Crippen molar-refractivity contribution >= 4 is 21.4 Å². The van der Waals surface area contributed by atoms with E-state index in [0.29, 0.717) is 42.3 Å². The average Bonchev–Trinajstić information content (AvgIpc) is 3.69. The topological polar surface area (TPSA) is 134 Å². The number of nitrogens with zero attached hydrogens (tertiary/aromatic N) is 4.